The van der Waals surface area contributed by atoms with Gasteiger partial charge in [0.2, 0.25) is 5.91 Å². The van der Waals surface area contributed by atoms with Crippen molar-refractivity contribution in [3.63, 3.8) is 0 Å². The van der Waals surface area contributed by atoms with Crippen molar-refractivity contribution in [1.82, 2.24) is 4.90 Å². The molecule has 4 rings (SSSR count). The number of benzene rings is 1. The predicted octanol–water partition coefficient (Wildman–Crippen LogP) is 4.46. The minimum atomic E-state index is 0.345. The topological polar surface area (TPSA) is 20.3 Å². The number of hydrogen-bond acceptors (Lipinski definition) is 1. The van der Waals surface area contributed by atoms with E-state index in [0.717, 1.165) is 35.3 Å². The summed E-state index contributed by atoms with van der Waals surface area (Å²) in [5, 5.41) is 0.827. The van der Waals surface area contributed by atoms with Crippen molar-refractivity contribution in [3.05, 3.63) is 45.4 Å². The Labute approximate surface area is 144 Å². The molecule has 2 nitrogen and oxygen atoms in total. The molecule has 1 amide bonds. The Hall–Kier alpha value is -0.800. The zero-order valence-electron chi connectivity index (χ0n) is 12.3. The summed E-state index contributed by atoms with van der Waals surface area (Å²) in [6.07, 6.45) is 8.60. The van der Waals surface area contributed by atoms with Crippen molar-refractivity contribution in [2.75, 3.05) is 6.54 Å². The van der Waals surface area contributed by atoms with Gasteiger partial charge < -0.3 is 4.90 Å². The van der Waals surface area contributed by atoms with Gasteiger partial charge in [0.1, 0.15) is 0 Å². The molecule has 22 heavy (non-hydrogen) atoms. The molecule has 1 saturated carbocycles. The van der Waals surface area contributed by atoms with E-state index in [1.54, 1.807) is 0 Å². The highest BCUT2D eigenvalue weighted by Crippen LogP contribution is 2.48. The summed E-state index contributed by atoms with van der Waals surface area (Å²) >= 11 is 9.88. The predicted molar refractivity (Wildman–Crippen MR) is 91.8 cm³/mol. The number of rotatable bonds is 3. The number of halogens is 2. The average Bonchev–Trinajstić information content (AvgIpc) is 3.17. The third-order valence-corrected chi connectivity index (χ3v) is 6.36. The standard InChI is InChI=1S/C18H19BrClNO/c19-14-6-5-12(16(20)10-14)9-15-11-3-4-13(8-11)18(15)21-7-1-2-17(21)22/h3-6,10-11,13,15,18H,1-2,7-9H2. The second-order valence-electron chi connectivity index (χ2n) is 6.73. The van der Waals surface area contributed by atoms with Crippen LogP contribution in [0.25, 0.3) is 0 Å². The number of carbonyl (C=O) groups is 1. The highest BCUT2D eigenvalue weighted by Gasteiger charge is 2.48. The lowest BCUT2D eigenvalue weighted by molar-refractivity contribution is -0.131. The lowest BCUT2D eigenvalue weighted by atomic mass is 9.83. The Morgan fingerprint density at radius 1 is 1.27 bits per heavy atom. The van der Waals surface area contributed by atoms with Gasteiger partial charge in [0.25, 0.3) is 0 Å². The molecular formula is C18H19BrClNO. The molecule has 1 aliphatic heterocycles. The van der Waals surface area contributed by atoms with Crippen LogP contribution in [-0.2, 0) is 11.2 Å². The fourth-order valence-electron chi connectivity index (χ4n) is 4.56. The van der Waals surface area contributed by atoms with E-state index in [0.29, 0.717) is 29.7 Å². The molecule has 0 radical (unpaired) electrons. The first-order valence-electron chi connectivity index (χ1n) is 8.05. The molecule has 2 bridgehead atoms. The summed E-state index contributed by atoms with van der Waals surface area (Å²) in [5.74, 6) is 2.00. The Balaban J connectivity index is 1.61. The molecule has 116 valence electrons. The zero-order valence-corrected chi connectivity index (χ0v) is 14.7. The van der Waals surface area contributed by atoms with E-state index in [2.05, 4.69) is 45.1 Å². The molecule has 1 aromatic rings. The van der Waals surface area contributed by atoms with Crippen LogP contribution in [0.4, 0.5) is 0 Å². The zero-order chi connectivity index (χ0) is 15.3. The Morgan fingerprint density at radius 3 is 2.82 bits per heavy atom. The monoisotopic (exact) mass is 379 g/mol. The molecule has 4 atom stereocenters. The van der Waals surface area contributed by atoms with Crippen LogP contribution >= 0.6 is 27.5 Å². The summed E-state index contributed by atoms with van der Waals surface area (Å²) in [4.78, 5) is 14.4. The first-order valence-corrected chi connectivity index (χ1v) is 9.22. The van der Waals surface area contributed by atoms with Gasteiger partial charge in [-0.05, 0) is 54.7 Å². The number of allylic oxidation sites excluding steroid dienone is 1. The van der Waals surface area contributed by atoms with Gasteiger partial charge in [0.05, 0.1) is 0 Å². The number of amides is 1. The van der Waals surface area contributed by atoms with E-state index in [9.17, 15) is 4.79 Å². The van der Waals surface area contributed by atoms with Crippen molar-refractivity contribution in [2.24, 2.45) is 17.8 Å². The van der Waals surface area contributed by atoms with Gasteiger partial charge in [-0.15, -0.1) is 0 Å². The first-order chi connectivity index (χ1) is 10.6. The number of fused-ring (bicyclic) bond motifs is 2. The largest absolute Gasteiger partial charge is 0.339 e. The van der Waals surface area contributed by atoms with Crippen LogP contribution in [0.2, 0.25) is 5.02 Å². The SMILES string of the molecule is O=C1CCCN1C1C2C=CC(C2)C1Cc1ccc(Br)cc1Cl. The number of likely N-dealkylation sites (tertiary alicyclic amines) is 1. The maximum absolute atomic E-state index is 12.2. The molecule has 0 spiro atoms. The normalized spacial score (nSPS) is 33.2. The van der Waals surface area contributed by atoms with Crippen LogP contribution in [0.5, 0.6) is 0 Å². The average molecular weight is 381 g/mol. The molecule has 0 aromatic heterocycles. The van der Waals surface area contributed by atoms with Gasteiger partial charge in [-0.2, -0.15) is 0 Å². The fourth-order valence-corrected chi connectivity index (χ4v) is 5.31. The number of hydrogen-bond donors (Lipinski definition) is 0. The van der Waals surface area contributed by atoms with Gasteiger partial charge >= 0.3 is 0 Å². The fraction of sp³-hybridized carbons (Fsp3) is 0.500. The Kier molecular flexibility index (Phi) is 3.82. The third-order valence-electron chi connectivity index (χ3n) is 5.52. The summed E-state index contributed by atoms with van der Waals surface area (Å²) < 4.78 is 1.01. The molecule has 2 aliphatic carbocycles. The van der Waals surface area contributed by atoms with Gasteiger partial charge in [0, 0.05) is 28.5 Å². The van der Waals surface area contributed by atoms with Crippen molar-refractivity contribution in [3.8, 4) is 0 Å². The first kappa shape index (κ1) is 14.8. The molecule has 3 aliphatic rings. The summed E-state index contributed by atoms with van der Waals surface area (Å²) in [6.45, 7) is 0.936. The van der Waals surface area contributed by atoms with Gasteiger partial charge in [0.15, 0.2) is 0 Å². The van der Waals surface area contributed by atoms with Crippen LogP contribution in [0.1, 0.15) is 24.8 Å². The number of carbonyl (C=O) groups excluding carboxylic acids is 1. The van der Waals surface area contributed by atoms with E-state index < -0.39 is 0 Å². The molecular weight excluding hydrogens is 362 g/mol. The lowest BCUT2D eigenvalue weighted by Gasteiger charge is -2.36. The Bertz CT molecular complexity index is 644. The van der Waals surface area contributed by atoms with Crippen LogP contribution in [-0.4, -0.2) is 23.4 Å². The molecule has 4 unspecified atom stereocenters. The lowest BCUT2D eigenvalue weighted by Crippen LogP contribution is -2.44. The Morgan fingerprint density at radius 2 is 2.09 bits per heavy atom. The van der Waals surface area contributed by atoms with Crippen molar-refractivity contribution >= 4 is 33.4 Å². The second kappa shape index (κ2) is 5.68. The van der Waals surface area contributed by atoms with Gasteiger partial charge in [-0.25, -0.2) is 0 Å². The van der Waals surface area contributed by atoms with E-state index in [1.165, 1.54) is 12.0 Å². The van der Waals surface area contributed by atoms with E-state index >= 15 is 0 Å². The van der Waals surface area contributed by atoms with E-state index in [-0.39, 0.29) is 0 Å². The van der Waals surface area contributed by atoms with Crippen molar-refractivity contribution in [2.45, 2.75) is 31.7 Å². The van der Waals surface area contributed by atoms with Crippen molar-refractivity contribution < 1.29 is 4.79 Å². The van der Waals surface area contributed by atoms with Crippen LogP contribution in [0.3, 0.4) is 0 Å². The van der Waals surface area contributed by atoms with Crippen LogP contribution in [0, 0.1) is 17.8 Å². The quantitative estimate of drug-likeness (QED) is 0.709. The van der Waals surface area contributed by atoms with E-state index in [4.69, 9.17) is 11.6 Å². The maximum atomic E-state index is 12.2. The molecule has 1 aromatic carbocycles. The second-order valence-corrected chi connectivity index (χ2v) is 8.06. The van der Waals surface area contributed by atoms with E-state index in [1.807, 2.05) is 6.07 Å². The van der Waals surface area contributed by atoms with Crippen LogP contribution in [0.15, 0.2) is 34.8 Å². The molecule has 0 N–H and O–H groups in total. The summed E-state index contributed by atoms with van der Waals surface area (Å²) in [7, 11) is 0. The molecule has 1 heterocycles. The minimum absolute atomic E-state index is 0.345. The summed E-state index contributed by atoms with van der Waals surface area (Å²) in [5.41, 5.74) is 1.20. The molecule has 2 fully saturated rings. The molecule has 1 saturated heterocycles. The van der Waals surface area contributed by atoms with Gasteiger partial charge in [-0.1, -0.05) is 45.7 Å². The minimum Gasteiger partial charge on any atom is -0.339 e. The maximum Gasteiger partial charge on any atom is 0.222 e. The number of nitrogens with zero attached hydrogens (tertiary/aromatic N) is 1. The third kappa shape index (κ3) is 2.43. The smallest absolute Gasteiger partial charge is 0.222 e. The van der Waals surface area contributed by atoms with Crippen molar-refractivity contribution in [1.29, 1.82) is 0 Å². The highest BCUT2D eigenvalue weighted by atomic mass is 79.9. The van der Waals surface area contributed by atoms with Crippen LogP contribution < -0.4 is 0 Å². The highest BCUT2D eigenvalue weighted by molar-refractivity contribution is 9.10. The van der Waals surface area contributed by atoms with Gasteiger partial charge in [-0.3, -0.25) is 4.79 Å². The summed E-state index contributed by atoms with van der Waals surface area (Å²) in [6, 6.07) is 6.52. The molecule has 4 heteroatoms.